The van der Waals surface area contributed by atoms with Crippen LogP contribution >= 0.6 is 11.6 Å². The van der Waals surface area contributed by atoms with E-state index in [1.165, 1.54) is 23.1 Å². The van der Waals surface area contributed by atoms with Crippen molar-refractivity contribution in [1.29, 1.82) is 0 Å². The molecule has 124 valence electrons. The summed E-state index contributed by atoms with van der Waals surface area (Å²) < 4.78 is 31.9. The molecule has 0 saturated carbocycles. The monoisotopic (exact) mass is 348 g/mol. The minimum Gasteiger partial charge on any atom is -0.482 e. The molecular weight excluding hydrogens is 328 g/mol. The third-order valence-corrected chi connectivity index (χ3v) is 4.64. The van der Waals surface area contributed by atoms with E-state index >= 15 is 0 Å². The lowest BCUT2D eigenvalue weighted by Gasteiger charge is -2.13. The van der Waals surface area contributed by atoms with Gasteiger partial charge < -0.3 is 9.64 Å². The third-order valence-electron chi connectivity index (χ3n) is 2.89. The normalized spacial score (nSPS) is 11.3. The van der Waals surface area contributed by atoms with E-state index in [9.17, 15) is 13.2 Å². The predicted molar refractivity (Wildman–Crippen MR) is 85.7 cm³/mol. The van der Waals surface area contributed by atoms with Crippen molar-refractivity contribution in [2.75, 3.05) is 27.2 Å². The van der Waals surface area contributed by atoms with Crippen molar-refractivity contribution < 1.29 is 17.9 Å². The van der Waals surface area contributed by atoms with E-state index in [1.54, 1.807) is 14.1 Å². The number of rotatable bonds is 8. The molecule has 22 heavy (non-hydrogen) atoms. The van der Waals surface area contributed by atoms with Gasteiger partial charge in [0.15, 0.2) is 6.61 Å². The first kappa shape index (κ1) is 18.7. The van der Waals surface area contributed by atoms with Crippen molar-refractivity contribution in [3.05, 3.63) is 23.2 Å². The maximum absolute atomic E-state index is 12.1. The van der Waals surface area contributed by atoms with Gasteiger partial charge in [-0.25, -0.2) is 13.1 Å². The molecule has 0 bridgehead atoms. The largest absolute Gasteiger partial charge is 0.482 e. The molecule has 0 saturated heterocycles. The average Bonchev–Trinajstić information content (AvgIpc) is 2.45. The maximum atomic E-state index is 12.1. The molecule has 0 unspecified atom stereocenters. The first-order valence-corrected chi connectivity index (χ1v) is 8.76. The van der Waals surface area contributed by atoms with Gasteiger partial charge in [0.05, 0.1) is 9.92 Å². The van der Waals surface area contributed by atoms with Crippen LogP contribution in [0.15, 0.2) is 23.1 Å². The van der Waals surface area contributed by atoms with Crippen molar-refractivity contribution in [2.45, 2.75) is 24.7 Å². The Hall–Kier alpha value is -1.31. The van der Waals surface area contributed by atoms with Gasteiger partial charge in [-0.2, -0.15) is 0 Å². The van der Waals surface area contributed by atoms with Crippen molar-refractivity contribution in [3.8, 4) is 5.75 Å². The highest BCUT2D eigenvalue weighted by atomic mass is 35.5. The Bertz CT molecular complexity index is 617. The Morgan fingerprint density at radius 2 is 2.05 bits per heavy atom. The highest BCUT2D eigenvalue weighted by Crippen LogP contribution is 2.27. The van der Waals surface area contributed by atoms with Crippen molar-refractivity contribution in [2.24, 2.45) is 0 Å². The van der Waals surface area contributed by atoms with E-state index in [-0.39, 0.29) is 28.2 Å². The Morgan fingerprint density at radius 3 is 2.59 bits per heavy atom. The van der Waals surface area contributed by atoms with Gasteiger partial charge in [0.1, 0.15) is 5.75 Å². The minimum atomic E-state index is -3.58. The maximum Gasteiger partial charge on any atom is 0.259 e. The van der Waals surface area contributed by atoms with Crippen molar-refractivity contribution in [3.63, 3.8) is 0 Å². The quantitative estimate of drug-likeness (QED) is 0.728. The van der Waals surface area contributed by atoms with Crippen molar-refractivity contribution >= 4 is 27.5 Å². The number of sulfonamides is 1. The number of unbranched alkanes of at least 4 members (excludes halogenated alkanes) is 1. The molecule has 0 atom stereocenters. The van der Waals surface area contributed by atoms with Crippen LogP contribution in [0, 0.1) is 0 Å². The number of carbonyl (C=O) groups is 1. The van der Waals surface area contributed by atoms with Gasteiger partial charge in [0.25, 0.3) is 5.91 Å². The van der Waals surface area contributed by atoms with E-state index in [4.69, 9.17) is 16.3 Å². The summed E-state index contributed by atoms with van der Waals surface area (Å²) in [6.45, 7) is 2.20. The van der Waals surface area contributed by atoms with E-state index in [0.29, 0.717) is 6.54 Å². The summed E-state index contributed by atoms with van der Waals surface area (Å²) in [7, 11) is -0.350. The van der Waals surface area contributed by atoms with Crippen LogP contribution in [0.5, 0.6) is 5.75 Å². The summed E-state index contributed by atoms with van der Waals surface area (Å²) in [5.41, 5.74) is 0. The van der Waals surface area contributed by atoms with Gasteiger partial charge in [0, 0.05) is 20.6 Å². The molecule has 0 heterocycles. The van der Waals surface area contributed by atoms with Crippen LogP contribution in [0.3, 0.4) is 0 Å². The number of likely N-dealkylation sites (N-methyl/N-ethyl adjacent to an activating group) is 1. The minimum absolute atomic E-state index is 0.0693. The number of amides is 1. The van der Waals surface area contributed by atoms with Crippen LogP contribution in [-0.2, 0) is 14.8 Å². The van der Waals surface area contributed by atoms with Crippen LogP contribution < -0.4 is 9.46 Å². The van der Waals surface area contributed by atoms with Gasteiger partial charge in [-0.15, -0.1) is 0 Å². The zero-order valence-electron chi connectivity index (χ0n) is 12.9. The standard InChI is InChI=1S/C14H21ClN2O4S/c1-4-5-8-16-22(19,20)11-6-7-13(12(15)9-11)21-10-14(18)17(2)3/h6-7,9,16H,4-5,8,10H2,1-3H3. The topological polar surface area (TPSA) is 75.7 Å². The first-order chi connectivity index (χ1) is 10.3. The highest BCUT2D eigenvalue weighted by molar-refractivity contribution is 7.89. The molecule has 0 fully saturated rings. The molecule has 1 amide bonds. The molecule has 0 aliphatic rings. The van der Waals surface area contributed by atoms with E-state index in [1.807, 2.05) is 6.92 Å². The SMILES string of the molecule is CCCCNS(=O)(=O)c1ccc(OCC(=O)N(C)C)c(Cl)c1. The van der Waals surface area contributed by atoms with Crippen LogP contribution in [0.2, 0.25) is 5.02 Å². The second-order valence-corrected chi connectivity index (χ2v) is 7.09. The summed E-state index contributed by atoms with van der Waals surface area (Å²) in [5.74, 6) is 0.0540. The van der Waals surface area contributed by atoms with E-state index in [0.717, 1.165) is 12.8 Å². The van der Waals surface area contributed by atoms with Crippen molar-refractivity contribution in [1.82, 2.24) is 9.62 Å². The fraction of sp³-hybridized carbons (Fsp3) is 0.500. The Morgan fingerprint density at radius 1 is 1.36 bits per heavy atom. The summed E-state index contributed by atoms with van der Waals surface area (Å²) in [6, 6.07) is 4.15. The molecule has 0 aliphatic heterocycles. The molecule has 0 radical (unpaired) electrons. The van der Waals surface area contributed by atoms with Gasteiger partial charge in [-0.3, -0.25) is 4.79 Å². The number of benzene rings is 1. The fourth-order valence-electron chi connectivity index (χ4n) is 1.50. The molecule has 1 N–H and O–H groups in total. The number of hydrogen-bond donors (Lipinski definition) is 1. The lowest BCUT2D eigenvalue weighted by molar-refractivity contribution is -0.130. The fourth-order valence-corrected chi connectivity index (χ4v) is 2.90. The zero-order chi connectivity index (χ0) is 16.8. The van der Waals surface area contributed by atoms with Gasteiger partial charge >= 0.3 is 0 Å². The molecule has 1 aromatic carbocycles. The van der Waals surface area contributed by atoms with Crippen LogP contribution in [0.25, 0.3) is 0 Å². The van der Waals surface area contributed by atoms with Crippen LogP contribution in [0.4, 0.5) is 0 Å². The van der Waals surface area contributed by atoms with Gasteiger partial charge in [-0.05, 0) is 24.6 Å². The zero-order valence-corrected chi connectivity index (χ0v) is 14.5. The molecule has 8 heteroatoms. The van der Waals surface area contributed by atoms with E-state index in [2.05, 4.69) is 4.72 Å². The predicted octanol–water partition coefficient (Wildman–Crippen LogP) is 1.89. The lowest BCUT2D eigenvalue weighted by Crippen LogP contribution is -2.27. The molecular formula is C14H21ClN2O4S. The highest BCUT2D eigenvalue weighted by Gasteiger charge is 2.16. The third kappa shape index (κ3) is 5.47. The molecule has 1 rings (SSSR count). The molecule has 0 aromatic heterocycles. The number of nitrogens with zero attached hydrogens (tertiary/aromatic N) is 1. The summed E-state index contributed by atoms with van der Waals surface area (Å²) in [4.78, 5) is 12.9. The summed E-state index contributed by atoms with van der Waals surface area (Å²) in [6.07, 6.45) is 1.66. The summed E-state index contributed by atoms with van der Waals surface area (Å²) in [5, 5.41) is 0.143. The Kier molecular flexibility index (Phi) is 7.12. The molecule has 0 aliphatic carbocycles. The van der Waals surface area contributed by atoms with Crippen LogP contribution in [0.1, 0.15) is 19.8 Å². The number of ether oxygens (including phenoxy) is 1. The lowest BCUT2D eigenvalue weighted by atomic mass is 10.3. The number of nitrogens with one attached hydrogen (secondary N) is 1. The Labute approximate surface area is 136 Å². The molecule has 0 spiro atoms. The Balaban J connectivity index is 2.78. The number of halogens is 1. The second kappa shape index (κ2) is 8.36. The first-order valence-electron chi connectivity index (χ1n) is 6.90. The number of carbonyl (C=O) groups excluding carboxylic acids is 1. The molecule has 6 nitrogen and oxygen atoms in total. The second-order valence-electron chi connectivity index (χ2n) is 4.92. The van der Waals surface area contributed by atoms with Gasteiger partial charge in [0.2, 0.25) is 10.0 Å². The molecule has 1 aromatic rings. The summed E-state index contributed by atoms with van der Waals surface area (Å²) >= 11 is 6.02. The van der Waals surface area contributed by atoms with Crippen LogP contribution in [-0.4, -0.2) is 46.5 Å². The smallest absolute Gasteiger partial charge is 0.259 e. The average molecular weight is 349 g/mol. The van der Waals surface area contributed by atoms with E-state index < -0.39 is 10.0 Å². The van der Waals surface area contributed by atoms with Gasteiger partial charge in [-0.1, -0.05) is 24.9 Å². The number of hydrogen-bond acceptors (Lipinski definition) is 4.